The van der Waals surface area contributed by atoms with E-state index in [1.807, 2.05) is 25.1 Å². The van der Waals surface area contributed by atoms with Gasteiger partial charge in [0, 0.05) is 6.54 Å². The summed E-state index contributed by atoms with van der Waals surface area (Å²) in [6, 6.07) is 5.66. The molecule has 0 saturated carbocycles. The van der Waals surface area contributed by atoms with E-state index in [0.29, 0.717) is 28.4 Å². The summed E-state index contributed by atoms with van der Waals surface area (Å²) < 4.78 is 5.66. The molecule has 1 heterocycles. The predicted molar refractivity (Wildman–Crippen MR) is 82.7 cm³/mol. The molecule has 20 heavy (non-hydrogen) atoms. The largest absolute Gasteiger partial charge is 0.428 e. The average molecular weight is 312 g/mol. The molecule has 1 N–H and O–H groups in total. The van der Waals surface area contributed by atoms with E-state index in [4.69, 9.17) is 16.3 Å². The lowest BCUT2D eigenvalue weighted by Gasteiger charge is -2.04. The highest BCUT2D eigenvalue weighted by atomic mass is 35.5. The second kappa shape index (κ2) is 7.02. The Hall–Kier alpha value is -1.17. The molecule has 0 atom stereocenters. The SMILES string of the molecule is Cc1ccc(Oc2nnc(CNCC(C)C)s2)c(Cl)c1. The molecule has 0 bridgehead atoms. The van der Waals surface area contributed by atoms with Crippen LogP contribution in [0.25, 0.3) is 0 Å². The van der Waals surface area contributed by atoms with E-state index in [9.17, 15) is 0 Å². The Morgan fingerprint density at radius 2 is 2.15 bits per heavy atom. The third kappa shape index (κ3) is 4.44. The smallest absolute Gasteiger partial charge is 0.299 e. The molecule has 0 fully saturated rings. The maximum Gasteiger partial charge on any atom is 0.299 e. The van der Waals surface area contributed by atoms with Crippen LogP contribution in [0.4, 0.5) is 0 Å². The van der Waals surface area contributed by atoms with Gasteiger partial charge in [-0.15, -0.1) is 5.10 Å². The molecule has 0 aliphatic rings. The Morgan fingerprint density at radius 1 is 1.35 bits per heavy atom. The number of halogens is 1. The number of ether oxygens (including phenoxy) is 1. The average Bonchev–Trinajstić information content (AvgIpc) is 2.80. The van der Waals surface area contributed by atoms with Crippen LogP contribution < -0.4 is 10.1 Å². The van der Waals surface area contributed by atoms with Crippen molar-refractivity contribution in [1.29, 1.82) is 0 Å². The topological polar surface area (TPSA) is 47.0 Å². The van der Waals surface area contributed by atoms with Gasteiger partial charge in [-0.05, 0) is 37.1 Å². The molecule has 4 nitrogen and oxygen atoms in total. The van der Waals surface area contributed by atoms with Gasteiger partial charge >= 0.3 is 0 Å². The summed E-state index contributed by atoms with van der Waals surface area (Å²) in [6.07, 6.45) is 0. The zero-order valence-electron chi connectivity index (χ0n) is 11.8. The summed E-state index contributed by atoms with van der Waals surface area (Å²) in [4.78, 5) is 0. The fourth-order valence-corrected chi connectivity index (χ4v) is 2.55. The lowest BCUT2D eigenvalue weighted by molar-refractivity contribution is 0.473. The van der Waals surface area contributed by atoms with Crippen LogP contribution in [0.15, 0.2) is 18.2 Å². The van der Waals surface area contributed by atoms with E-state index in [2.05, 4.69) is 29.4 Å². The quantitative estimate of drug-likeness (QED) is 0.874. The van der Waals surface area contributed by atoms with Crippen LogP contribution in [0.2, 0.25) is 5.02 Å². The summed E-state index contributed by atoms with van der Waals surface area (Å²) in [5.74, 6) is 1.22. The van der Waals surface area contributed by atoms with Crippen molar-refractivity contribution in [2.75, 3.05) is 6.54 Å². The molecule has 0 amide bonds. The fraction of sp³-hybridized carbons (Fsp3) is 0.429. The number of hydrogen-bond donors (Lipinski definition) is 1. The summed E-state index contributed by atoms with van der Waals surface area (Å²) >= 11 is 7.55. The van der Waals surface area contributed by atoms with Crippen molar-refractivity contribution in [2.24, 2.45) is 5.92 Å². The van der Waals surface area contributed by atoms with E-state index in [1.165, 1.54) is 11.3 Å². The molecule has 0 aliphatic carbocycles. The minimum Gasteiger partial charge on any atom is -0.428 e. The van der Waals surface area contributed by atoms with Crippen LogP contribution in [0.5, 0.6) is 10.9 Å². The molecule has 0 saturated heterocycles. The highest BCUT2D eigenvalue weighted by Crippen LogP contribution is 2.31. The van der Waals surface area contributed by atoms with Gasteiger partial charge in [0.05, 0.1) is 5.02 Å². The third-order valence-corrected chi connectivity index (χ3v) is 3.66. The van der Waals surface area contributed by atoms with E-state index < -0.39 is 0 Å². The van der Waals surface area contributed by atoms with Gasteiger partial charge in [0.15, 0.2) is 0 Å². The molecule has 0 aliphatic heterocycles. The van der Waals surface area contributed by atoms with Crippen molar-refractivity contribution in [3.8, 4) is 10.9 Å². The Bertz CT molecular complexity index is 571. The van der Waals surface area contributed by atoms with Crippen molar-refractivity contribution < 1.29 is 4.74 Å². The second-order valence-electron chi connectivity index (χ2n) is 5.02. The molecule has 1 aromatic carbocycles. The lowest BCUT2D eigenvalue weighted by atomic mass is 10.2. The first-order valence-electron chi connectivity index (χ1n) is 6.51. The van der Waals surface area contributed by atoms with Crippen molar-refractivity contribution in [1.82, 2.24) is 15.5 Å². The zero-order valence-corrected chi connectivity index (χ0v) is 13.4. The van der Waals surface area contributed by atoms with Crippen LogP contribution in [-0.4, -0.2) is 16.7 Å². The van der Waals surface area contributed by atoms with E-state index >= 15 is 0 Å². The number of nitrogens with zero attached hydrogens (tertiary/aromatic N) is 2. The van der Waals surface area contributed by atoms with E-state index in [-0.39, 0.29) is 0 Å². The first-order valence-corrected chi connectivity index (χ1v) is 7.71. The van der Waals surface area contributed by atoms with Crippen LogP contribution in [0.3, 0.4) is 0 Å². The fourth-order valence-electron chi connectivity index (χ4n) is 1.60. The standard InChI is InChI=1S/C14H18ClN3OS/c1-9(2)7-16-8-13-17-18-14(20-13)19-12-5-4-10(3)6-11(12)15/h4-6,9,16H,7-8H2,1-3H3. The first kappa shape index (κ1) is 15.2. The minimum absolute atomic E-state index is 0.511. The van der Waals surface area contributed by atoms with Gasteiger partial charge < -0.3 is 10.1 Å². The molecule has 0 spiro atoms. The Kier molecular flexibility index (Phi) is 5.34. The molecule has 6 heteroatoms. The van der Waals surface area contributed by atoms with Crippen molar-refractivity contribution >= 4 is 22.9 Å². The molecule has 0 radical (unpaired) electrons. The van der Waals surface area contributed by atoms with Gasteiger partial charge in [0.1, 0.15) is 10.8 Å². The molecular weight excluding hydrogens is 294 g/mol. The van der Waals surface area contributed by atoms with Gasteiger partial charge in [-0.3, -0.25) is 0 Å². The number of hydrogen-bond acceptors (Lipinski definition) is 5. The summed E-state index contributed by atoms with van der Waals surface area (Å²) in [5, 5.41) is 13.4. The number of aromatic nitrogens is 2. The van der Waals surface area contributed by atoms with Gasteiger partial charge in [-0.1, -0.05) is 48.0 Å². The Labute approximate surface area is 128 Å². The van der Waals surface area contributed by atoms with Crippen LogP contribution >= 0.6 is 22.9 Å². The highest BCUT2D eigenvalue weighted by Gasteiger charge is 2.09. The number of aryl methyl sites for hydroxylation is 1. The maximum absolute atomic E-state index is 6.12. The zero-order chi connectivity index (χ0) is 14.5. The monoisotopic (exact) mass is 311 g/mol. The summed E-state index contributed by atoms with van der Waals surface area (Å²) in [5.41, 5.74) is 1.10. The molecular formula is C14H18ClN3OS. The number of nitrogens with one attached hydrogen (secondary N) is 1. The molecule has 0 unspecified atom stereocenters. The minimum atomic E-state index is 0.511. The van der Waals surface area contributed by atoms with Crippen LogP contribution in [0.1, 0.15) is 24.4 Å². The normalized spacial score (nSPS) is 11.1. The van der Waals surface area contributed by atoms with E-state index in [1.54, 1.807) is 0 Å². The molecule has 108 valence electrons. The second-order valence-corrected chi connectivity index (χ2v) is 6.45. The highest BCUT2D eigenvalue weighted by molar-refractivity contribution is 7.13. The van der Waals surface area contributed by atoms with Crippen molar-refractivity contribution in [3.63, 3.8) is 0 Å². The van der Waals surface area contributed by atoms with E-state index in [0.717, 1.165) is 17.1 Å². The predicted octanol–water partition coefficient (Wildman–Crippen LogP) is 4.04. The van der Waals surface area contributed by atoms with Crippen LogP contribution in [0, 0.1) is 12.8 Å². The Balaban J connectivity index is 1.95. The van der Waals surface area contributed by atoms with Crippen molar-refractivity contribution in [3.05, 3.63) is 33.8 Å². The van der Waals surface area contributed by atoms with Gasteiger partial charge in [0.25, 0.3) is 5.19 Å². The summed E-state index contributed by atoms with van der Waals surface area (Å²) in [7, 11) is 0. The summed E-state index contributed by atoms with van der Waals surface area (Å²) in [6.45, 7) is 7.99. The molecule has 2 rings (SSSR count). The first-order chi connectivity index (χ1) is 9.54. The van der Waals surface area contributed by atoms with Gasteiger partial charge in [0.2, 0.25) is 0 Å². The third-order valence-electron chi connectivity index (χ3n) is 2.56. The van der Waals surface area contributed by atoms with Crippen LogP contribution in [-0.2, 0) is 6.54 Å². The van der Waals surface area contributed by atoms with Gasteiger partial charge in [-0.25, -0.2) is 0 Å². The maximum atomic E-state index is 6.12. The molecule has 2 aromatic rings. The van der Waals surface area contributed by atoms with Crippen molar-refractivity contribution in [2.45, 2.75) is 27.3 Å². The number of rotatable bonds is 6. The number of benzene rings is 1. The molecule has 1 aromatic heterocycles. The van der Waals surface area contributed by atoms with Gasteiger partial charge in [-0.2, -0.15) is 0 Å². The Morgan fingerprint density at radius 3 is 2.85 bits per heavy atom. The lowest BCUT2D eigenvalue weighted by Crippen LogP contribution is -2.18.